The number of benzene rings is 1. The SMILES string of the molecule is CC(C)(C(=O)Nc1n[nH]c(-c2ccccc2)n1)S(=O)(=O)N1CCOCC1. The topological polar surface area (TPSA) is 117 Å². The molecule has 26 heavy (non-hydrogen) atoms. The van der Waals surface area contributed by atoms with Gasteiger partial charge in [0.1, 0.15) is 0 Å². The minimum atomic E-state index is -3.85. The summed E-state index contributed by atoms with van der Waals surface area (Å²) in [6, 6.07) is 9.28. The van der Waals surface area contributed by atoms with Gasteiger partial charge in [0, 0.05) is 18.7 Å². The summed E-state index contributed by atoms with van der Waals surface area (Å²) in [4.78, 5) is 16.8. The van der Waals surface area contributed by atoms with Gasteiger partial charge in [-0.3, -0.25) is 15.2 Å². The number of hydrogen-bond acceptors (Lipinski definition) is 6. The van der Waals surface area contributed by atoms with Crippen molar-refractivity contribution in [1.29, 1.82) is 0 Å². The van der Waals surface area contributed by atoms with E-state index in [1.54, 1.807) is 0 Å². The third-order valence-corrected chi connectivity index (χ3v) is 6.78. The third-order valence-electron chi connectivity index (χ3n) is 4.26. The summed E-state index contributed by atoms with van der Waals surface area (Å²) in [5, 5.41) is 9.16. The molecule has 1 aromatic carbocycles. The van der Waals surface area contributed by atoms with Crippen LogP contribution < -0.4 is 5.32 Å². The van der Waals surface area contributed by atoms with Gasteiger partial charge in [-0.1, -0.05) is 30.3 Å². The Morgan fingerprint density at radius 3 is 2.54 bits per heavy atom. The molecule has 1 fully saturated rings. The van der Waals surface area contributed by atoms with E-state index in [1.807, 2.05) is 30.3 Å². The first-order chi connectivity index (χ1) is 12.3. The van der Waals surface area contributed by atoms with Gasteiger partial charge >= 0.3 is 0 Å². The first-order valence-corrected chi connectivity index (χ1v) is 9.63. The highest BCUT2D eigenvalue weighted by Crippen LogP contribution is 2.24. The number of carbonyl (C=O) groups excluding carboxylic acids is 1. The van der Waals surface area contributed by atoms with Crippen LogP contribution in [0.5, 0.6) is 0 Å². The summed E-state index contributed by atoms with van der Waals surface area (Å²) in [7, 11) is -3.85. The van der Waals surface area contributed by atoms with Crippen LogP contribution in [-0.4, -0.2) is 64.9 Å². The number of aromatic amines is 1. The van der Waals surface area contributed by atoms with E-state index in [9.17, 15) is 13.2 Å². The molecule has 0 bridgehead atoms. The Labute approximate surface area is 151 Å². The lowest BCUT2D eigenvalue weighted by atomic mass is 10.2. The molecule has 2 heterocycles. The minimum absolute atomic E-state index is 0.0269. The minimum Gasteiger partial charge on any atom is -0.379 e. The molecule has 10 heteroatoms. The summed E-state index contributed by atoms with van der Waals surface area (Å²) in [5.41, 5.74) is 0.806. The smallest absolute Gasteiger partial charge is 0.249 e. The first-order valence-electron chi connectivity index (χ1n) is 8.19. The second kappa shape index (κ2) is 7.14. The highest BCUT2D eigenvalue weighted by Gasteiger charge is 2.46. The highest BCUT2D eigenvalue weighted by atomic mass is 32.2. The number of sulfonamides is 1. The van der Waals surface area contributed by atoms with Crippen LogP contribution in [0.1, 0.15) is 13.8 Å². The van der Waals surface area contributed by atoms with Crippen LogP contribution >= 0.6 is 0 Å². The summed E-state index contributed by atoms with van der Waals surface area (Å²) in [6.45, 7) is 3.85. The van der Waals surface area contributed by atoms with E-state index in [0.717, 1.165) is 5.56 Å². The number of H-pyrrole nitrogens is 1. The van der Waals surface area contributed by atoms with Crippen LogP contribution in [0.2, 0.25) is 0 Å². The number of ether oxygens (including phenoxy) is 1. The van der Waals surface area contributed by atoms with Gasteiger partial charge in [0.05, 0.1) is 13.2 Å². The fraction of sp³-hybridized carbons (Fsp3) is 0.438. The molecule has 1 amide bonds. The summed E-state index contributed by atoms with van der Waals surface area (Å²) in [6.07, 6.45) is 0. The average molecular weight is 379 g/mol. The lowest BCUT2D eigenvalue weighted by molar-refractivity contribution is -0.118. The maximum absolute atomic E-state index is 12.8. The van der Waals surface area contributed by atoms with Crippen molar-refractivity contribution in [3.8, 4) is 11.4 Å². The average Bonchev–Trinajstić information content (AvgIpc) is 3.11. The standard InChI is InChI=1S/C16H21N5O4S/c1-16(2,26(23,24)21-8-10-25-11-9-21)14(22)18-15-17-13(19-20-15)12-6-4-3-5-7-12/h3-7H,8-11H2,1-2H3,(H2,17,18,19,20,22). The number of carbonyl (C=O) groups is 1. The van der Waals surface area contributed by atoms with Crippen LogP contribution in [0.15, 0.2) is 30.3 Å². The molecule has 0 saturated carbocycles. The molecule has 140 valence electrons. The van der Waals surface area contributed by atoms with Crippen molar-refractivity contribution in [2.75, 3.05) is 31.6 Å². The monoisotopic (exact) mass is 379 g/mol. The molecule has 3 rings (SSSR count). The number of aromatic nitrogens is 3. The number of nitrogens with zero attached hydrogens (tertiary/aromatic N) is 3. The van der Waals surface area contributed by atoms with Crippen molar-refractivity contribution in [3.05, 3.63) is 30.3 Å². The largest absolute Gasteiger partial charge is 0.379 e. The molecule has 1 aliphatic rings. The Morgan fingerprint density at radius 1 is 1.23 bits per heavy atom. The Morgan fingerprint density at radius 2 is 1.88 bits per heavy atom. The number of amides is 1. The van der Waals surface area contributed by atoms with Crippen LogP contribution in [0.4, 0.5) is 5.95 Å². The van der Waals surface area contributed by atoms with Crippen molar-refractivity contribution < 1.29 is 17.9 Å². The highest BCUT2D eigenvalue weighted by molar-refractivity contribution is 7.91. The van der Waals surface area contributed by atoms with E-state index in [4.69, 9.17) is 4.74 Å². The van der Waals surface area contributed by atoms with Crippen LogP contribution in [0, 0.1) is 0 Å². The second-order valence-corrected chi connectivity index (χ2v) is 8.84. The number of hydrogen-bond donors (Lipinski definition) is 2. The van der Waals surface area contributed by atoms with Crippen molar-refractivity contribution in [2.24, 2.45) is 0 Å². The molecule has 1 aromatic heterocycles. The van der Waals surface area contributed by atoms with Crippen LogP contribution in [-0.2, 0) is 19.6 Å². The Balaban J connectivity index is 1.75. The molecular formula is C16H21N5O4S. The summed E-state index contributed by atoms with van der Waals surface area (Å²) in [5.74, 6) is -0.184. The quantitative estimate of drug-likeness (QED) is 0.795. The van der Waals surface area contributed by atoms with Gasteiger partial charge in [-0.05, 0) is 13.8 Å². The van der Waals surface area contributed by atoms with Crippen molar-refractivity contribution in [2.45, 2.75) is 18.6 Å². The van der Waals surface area contributed by atoms with Gasteiger partial charge in [-0.2, -0.15) is 9.29 Å². The number of morpholine rings is 1. The molecule has 0 spiro atoms. The maximum Gasteiger partial charge on any atom is 0.249 e. The lowest BCUT2D eigenvalue weighted by Gasteiger charge is -2.33. The van der Waals surface area contributed by atoms with Gasteiger partial charge in [0.25, 0.3) is 0 Å². The van der Waals surface area contributed by atoms with Crippen molar-refractivity contribution in [1.82, 2.24) is 19.5 Å². The van der Waals surface area contributed by atoms with E-state index in [2.05, 4.69) is 20.5 Å². The van der Waals surface area contributed by atoms with E-state index in [1.165, 1.54) is 18.2 Å². The molecular weight excluding hydrogens is 358 g/mol. The van der Waals surface area contributed by atoms with Gasteiger partial charge < -0.3 is 4.74 Å². The van der Waals surface area contributed by atoms with Crippen LogP contribution in [0.3, 0.4) is 0 Å². The molecule has 9 nitrogen and oxygen atoms in total. The van der Waals surface area contributed by atoms with Crippen molar-refractivity contribution >= 4 is 21.9 Å². The number of anilines is 1. The van der Waals surface area contributed by atoms with Gasteiger partial charge in [-0.25, -0.2) is 8.42 Å². The van der Waals surface area contributed by atoms with Crippen molar-refractivity contribution in [3.63, 3.8) is 0 Å². The third kappa shape index (κ3) is 3.48. The molecule has 2 N–H and O–H groups in total. The number of nitrogens with one attached hydrogen (secondary N) is 2. The first kappa shape index (κ1) is 18.5. The summed E-state index contributed by atoms with van der Waals surface area (Å²) < 4.78 is 30.4. The Kier molecular flexibility index (Phi) is 5.08. The lowest BCUT2D eigenvalue weighted by Crippen LogP contribution is -2.54. The molecule has 1 saturated heterocycles. The zero-order chi connectivity index (χ0) is 18.8. The Hall–Kier alpha value is -2.30. The molecule has 1 aliphatic heterocycles. The van der Waals surface area contributed by atoms with E-state index in [-0.39, 0.29) is 19.0 Å². The predicted octanol–water partition coefficient (Wildman–Crippen LogP) is 0.851. The Bertz CT molecular complexity index is 873. The molecule has 0 aliphatic carbocycles. The number of rotatable bonds is 5. The van der Waals surface area contributed by atoms with Gasteiger partial charge in [0.2, 0.25) is 21.9 Å². The zero-order valence-corrected chi connectivity index (χ0v) is 15.4. The molecule has 0 atom stereocenters. The van der Waals surface area contributed by atoms with Crippen LogP contribution in [0.25, 0.3) is 11.4 Å². The normalized spacial score (nSPS) is 16.4. The zero-order valence-electron chi connectivity index (χ0n) is 14.6. The predicted molar refractivity (Wildman–Crippen MR) is 95.8 cm³/mol. The van der Waals surface area contributed by atoms with E-state index in [0.29, 0.717) is 19.0 Å². The molecule has 2 aromatic rings. The van der Waals surface area contributed by atoms with Gasteiger partial charge in [0.15, 0.2) is 10.6 Å². The molecule has 0 unspecified atom stereocenters. The van der Waals surface area contributed by atoms with E-state index < -0.39 is 20.7 Å². The fourth-order valence-corrected chi connectivity index (χ4v) is 4.08. The second-order valence-electron chi connectivity index (χ2n) is 6.35. The van der Waals surface area contributed by atoms with E-state index >= 15 is 0 Å². The molecule has 0 radical (unpaired) electrons. The fourth-order valence-electron chi connectivity index (χ4n) is 2.52. The summed E-state index contributed by atoms with van der Waals surface area (Å²) >= 11 is 0. The van der Waals surface area contributed by atoms with Gasteiger partial charge in [-0.15, -0.1) is 5.10 Å². The maximum atomic E-state index is 12.8.